The molecule has 1 heterocycles. The Morgan fingerprint density at radius 3 is 1.33 bits per heavy atom. The van der Waals surface area contributed by atoms with E-state index in [9.17, 15) is 19.2 Å². The fraction of sp³-hybridized carbons (Fsp3) is 0.364. The molecule has 3 aliphatic rings. The molecule has 4 atom stereocenters. The first-order valence-corrected chi connectivity index (χ1v) is 18.3. The van der Waals surface area contributed by atoms with Crippen molar-refractivity contribution in [3.8, 4) is 0 Å². The zero-order valence-electron chi connectivity index (χ0n) is 31.2. The van der Waals surface area contributed by atoms with Crippen LogP contribution in [-0.4, -0.2) is 64.3 Å². The predicted octanol–water partition coefficient (Wildman–Crippen LogP) is 8.68. The lowest BCUT2D eigenvalue weighted by Gasteiger charge is -2.35. The summed E-state index contributed by atoms with van der Waals surface area (Å²) in [4.78, 5) is 46.4. The second-order valence-corrected chi connectivity index (χ2v) is 14.2. The van der Waals surface area contributed by atoms with Crippen molar-refractivity contribution >= 4 is 23.9 Å². The van der Waals surface area contributed by atoms with E-state index in [-0.39, 0.29) is 18.2 Å². The lowest BCUT2D eigenvalue weighted by molar-refractivity contribution is -0.198. The zero-order valence-corrected chi connectivity index (χ0v) is 31.2. The van der Waals surface area contributed by atoms with E-state index >= 15 is 0 Å². The molecule has 0 aromatic heterocycles. The summed E-state index contributed by atoms with van der Waals surface area (Å²) in [5.74, 6) is -3.14. The van der Waals surface area contributed by atoms with Crippen LogP contribution in [0.2, 0.25) is 0 Å². The molecule has 10 heteroatoms. The number of rotatable bonds is 6. The third kappa shape index (κ3) is 10.9. The minimum Gasteiger partial charge on any atom is -0.478 e. The molecule has 1 saturated heterocycles. The largest absolute Gasteiger partial charge is 0.478 e. The quantitative estimate of drug-likeness (QED) is 0.184. The van der Waals surface area contributed by atoms with E-state index in [1.54, 1.807) is 72.8 Å². The molecule has 1 spiro atoms. The van der Waals surface area contributed by atoms with Crippen molar-refractivity contribution in [1.29, 1.82) is 0 Å². The van der Waals surface area contributed by atoms with Gasteiger partial charge in [0.1, 0.15) is 18.3 Å². The topological polar surface area (TPSA) is 146 Å². The summed E-state index contributed by atoms with van der Waals surface area (Å²) in [7, 11) is 0. The van der Waals surface area contributed by atoms with Gasteiger partial charge in [-0.2, -0.15) is 0 Å². The number of aryl methyl sites for hydroxylation is 4. The summed E-state index contributed by atoms with van der Waals surface area (Å²) in [5, 5.41) is 17.0. The smallest absolute Gasteiger partial charge is 0.338 e. The Kier molecular flexibility index (Phi) is 13.4. The molecule has 10 nitrogen and oxygen atoms in total. The SMILES string of the molecule is Cc1ccc(C(=O)O)cc1.Cc1ccc(C(=O)O)cc1.Cc1ccc(C(=O)OC2CC(OC(=O)c3ccc(C)cc3)C3OC4(CCCCC4)OC3C2)cc1. The number of carboxylic acids is 2. The molecule has 3 fully saturated rings. The fourth-order valence-electron chi connectivity index (χ4n) is 6.67. The van der Waals surface area contributed by atoms with Gasteiger partial charge in [-0.3, -0.25) is 0 Å². The van der Waals surface area contributed by atoms with Crippen LogP contribution >= 0.6 is 0 Å². The van der Waals surface area contributed by atoms with Crippen LogP contribution in [-0.2, 0) is 18.9 Å². The maximum Gasteiger partial charge on any atom is 0.338 e. The first-order valence-electron chi connectivity index (χ1n) is 18.3. The Morgan fingerprint density at radius 2 is 0.926 bits per heavy atom. The first kappa shape index (κ1) is 39.9. The van der Waals surface area contributed by atoms with Crippen LogP contribution in [0.3, 0.4) is 0 Å². The van der Waals surface area contributed by atoms with Crippen LogP contribution in [0.25, 0.3) is 0 Å². The predicted molar refractivity (Wildman–Crippen MR) is 202 cm³/mol. The highest BCUT2D eigenvalue weighted by Gasteiger charge is 2.55. The highest BCUT2D eigenvalue weighted by molar-refractivity contribution is 5.90. The minimum absolute atomic E-state index is 0.279. The first-order chi connectivity index (χ1) is 25.8. The van der Waals surface area contributed by atoms with Crippen LogP contribution in [0.4, 0.5) is 0 Å². The highest BCUT2D eigenvalue weighted by atomic mass is 16.8. The maximum atomic E-state index is 12.9. The molecule has 0 bridgehead atoms. The number of benzene rings is 4. The summed E-state index contributed by atoms with van der Waals surface area (Å²) in [6, 6.07) is 28.1. The fourth-order valence-corrected chi connectivity index (χ4v) is 6.67. The molecule has 4 unspecified atom stereocenters. The molecule has 2 aliphatic carbocycles. The lowest BCUT2D eigenvalue weighted by atomic mass is 9.89. The molecule has 2 N–H and O–H groups in total. The van der Waals surface area contributed by atoms with E-state index in [1.807, 2.05) is 52.0 Å². The number of aromatic carboxylic acids is 2. The van der Waals surface area contributed by atoms with E-state index in [0.717, 1.165) is 47.9 Å². The molecular formula is C44H48O10. The van der Waals surface area contributed by atoms with Crippen LogP contribution in [0, 0.1) is 27.7 Å². The number of carbonyl (C=O) groups is 4. The van der Waals surface area contributed by atoms with Crippen molar-refractivity contribution < 1.29 is 48.3 Å². The van der Waals surface area contributed by atoms with E-state index in [1.165, 1.54) is 6.42 Å². The lowest BCUT2D eigenvalue weighted by Crippen LogP contribution is -2.48. The summed E-state index contributed by atoms with van der Waals surface area (Å²) in [5.41, 5.74) is 5.98. The van der Waals surface area contributed by atoms with E-state index in [2.05, 4.69) is 0 Å². The maximum absolute atomic E-state index is 12.9. The van der Waals surface area contributed by atoms with Gasteiger partial charge in [-0.05, 0) is 89.1 Å². The van der Waals surface area contributed by atoms with E-state index < -0.39 is 35.9 Å². The van der Waals surface area contributed by atoms with Crippen molar-refractivity contribution in [1.82, 2.24) is 0 Å². The van der Waals surface area contributed by atoms with Crippen LogP contribution < -0.4 is 0 Å². The zero-order chi connectivity index (χ0) is 38.8. The third-order valence-electron chi connectivity index (χ3n) is 9.76. The summed E-state index contributed by atoms with van der Waals surface area (Å²) < 4.78 is 24.8. The molecule has 1 aliphatic heterocycles. The third-order valence-corrected chi connectivity index (χ3v) is 9.76. The molecule has 2 saturated carbocycles. The van der Waals surface area contributed by atoms with Gasteiger partial charge < -0.3 is 29.2 Å². The van der Waals surface area contributed by atoms with Crippen molar-refractivity contribution in [3.63, 3.8) is 0 Å². The van der Waals surface area contributed by atoms with Crippen LogP contribution in [0.5, 0.6) is 0 Å². The van der Waals surface area contributed by atoms with Gasteiger partial charge in [-0.25, -0.2) is 19.2 Å². The number of hydrogen-bond acceptors (Lipinski definition) is 8. The number of fused-ring (bicyclic) bond motifs is 1. The Labute approximate surface area is 316 Å². The number of ether oxygens (including phenoxy) is 4. The van der Waals surface area contributed by atoms with Crippen molar-refractivity contribution in [2.45, 2.75) is 103 Å². The standard InChI is InChI=1S/C28H32O6.2C8H8O2/c1-18-6-10-20(11-7-18)26(29)31-22-16-23(32-27(30)21-12-8-19(2)9-13-21)25-24(17-22)33-28(34-25)14-4-3-5-15-28;2*1-6-2-4-7(5-3-6)8(9)10/h6-13,22-25H,3-5,14-17H2,1-2H3;2*2-5H,1H3,(H,9,10). The molecule has 4 aromatic rings. The summed E-state index contributed by atoms with van der Waals surface area (Å²) in [6.07, 6.45) is 4.26. The van der Waals surface area contributed by atoms with E-state index in [4.69, 9.17) is 29.2 Å². The van der Waals surface area contributed by atoms with Gasteiger partial charge in [-0.15, -0.1) is 0 Å². The van der Waals surface area contributed by atoms with Gasteiger partial charge in [-0.1, -0.05) is 77.2 Å². The molecule has 0 radical (unpaired) electrons. The Bertz CT molecular complexity index is 1820. The van der Waals surface area contributed by atoms with Gasteiger partial charge >= 0.3 is 23.9 Å². The van der Waals surface area contributed by atoms with Crippen LogP contribution in [0.15, 0.2) is 97.1 Å². The average Bonchev–Trinajstić information content (AvgIpc) is 3.50. The van der Waals surface area contributed by atoms with Crippen molar-refractivity contribution in [2.75, 3.05) is 0 Å². The second-order valence-electron chi connectivity index (χ2n) is 14.2. The molecule has 7 rings (SSSR count). The van der Waals surface area contributed by atoms with Crippen LogP contribution in [0.1, 0.15) is 109 Å². The molecular weight excluding hydrogens is 688 g/mol. The van der Waals surface area contributed by atoms with Gasteiger partial charge in [0, 0.05) is 25.7 Å². The normalized spacial score (nSPS) is 20.9. The Balaban J connectivity index is 0.000000228. The van der Waals surface area contributed by atoms with Crippen molar-refractivity contribution in [3.05, 3.63) is 142 Å². The summed E-state index contributed by atoms with van der Waals surface area (Å²) >= 11 is 0. The van der Waals surface area contributed by atoms with Gasteiger partial charge in [0.25, 0.3) is 0 Å². The van der Waals surface area contributed by atoms with Crippen molar-refractivity contribution in [2.24, 2.45) is 0 Å². The monoisotopic (exact) mass is 736 g/mol. The highest BCUT2D eigenvalue weighted by Crippen LogP contribution is 2.46. The minimum atomic E-state index is -0.875. The van der Waals surface area contributed by atoms with E-state index in [0.29, 0.717) is 35.1 Å². The molecule has 0 amide bonds. The number of carboxylic acid groups (broad SMARTS) is 2. The Hall–Kier alpha value is -5.32. The number of esters is 2. The number of hydrogen-bond donors (Lipinski definition) is 2. The molecule has 4 aromatic carbocycles. The van der Waals surface area contributed by atoms with Gasteiger partial charge in [0.05, 0.1) is 28.4 Å². The van der Waals surface area contributed by atoms with Gasteiger partial charge in [0.2, 0.25) is 0 Å². The Morgan fingerprint density at radius 1 is 0.537 bits per heavy atom. The number of carbonyl (C=O) groups excluding carboxylic acids is 2. The molecule has 284 valence electrons. The molecule has 54 heavy (non-hydrogen) atoms. The van der Waals surface area contributed by atoms with Gasteiger partial charge in [0.15, 0.2) is 5.79 Å². The second kappa shape index (κ2) is 18.1. The average molecular weight is 737 g/mol. The summed E-state index contributed by atoms with van der Waals surface area (Å²) in [6.45, 7) is 7.79.